The number of nitrogens with zero attached hydrogens (tertiary/aromatic N) is 1. The lowest BCUT2D eigenvalue weighted by Crippen LogP contribution is -2.43. The Morgan fingerprint density at radius 1 is 1.24 bits per heavy atom. The van der Waals surface area contributed by atoms with E-state index in [2.05, 4.69) is 15.5 Å². The zero-order valence-electron chi connectivity index (χ0n) is 14.9. The molecule has 2 fully saturated rings. The fraction of sp³-hybridized carbons (Fsp3) is 0.632. The number of carbonyl (C=O) groups is 1. The molecule has 2 amide bonds. The van der Waals surface area contributed by atoms with Gasteiger partial charge in [0.15, 0.2) is 0 Å². The highest BCUT2D eigenvalue weighted by Gasteiger charge is 2.27. The number of carbonyl (C=O) groups excluding carboxylic acids is 1. The number of rotatable bonds is 5. The molecule has 0 unspecified atom stereocenters. The summed E-state index contributed by atoms with van der Waals surface area (Å²) in [5.74, 6) is 1.16. The van der Waals surface area contributed by atoms with Crippen LogP contribution in [-0.4, -0.2) is 43.7 Å². The number of piperidine rings is 1. The Morgan fingerprint density at radius 2 is 1.96 bits per heavy atom. The van der Waals surface area contributed by atoms with Gasteiger partial charge in [0, 0.05) is 17.6 Å². The van der Waals surface area contributed by atoms with E-state index in [9.17, 15) is 4.79 Å². The van der Waals surface area contributed by atoms with Gasteiger partial charge in [0.05, 0.1) is 12.8 Å². The topological polar surface area (TPSA) is 53.6 Å². The van der Waals surface area contributed by atoms with Crippen LogP contribution in [0, 0.1) is 5.92 Å². The van der Waals surface area contributed by atoms with E-state index in [1.165, 1.54) is 38.8 Å². The normalized spacial score (nSPS) is 19.8. The molecule has 1 aliphatic heterocycles. The third-order valence-electron chi connectivity index (χ3n) is 5.45. The molecule has 1 aliphatic carbocycles. The lowest BCUT2D eigenvalue weighted by molar-refractivity contribution is 0.134. The average Bonchev–Trinajstić information content (AvgIpc) is 3.15. The van der Waals surface area contributed by atoms with Crippen LogP contribution in [0.15, 0.2) is 18.2 Å². The Morgan fingerprint density at radius 3 is 2.64 bits per heavy atom. The maximum absolute atomic E-state index is 12.2. The van der Waals surface area contributed by atoms with Gasteiger partial charge in [-0.3, -0.25) is 0 Å². The second-order valence-electron chi connectivity index (χ2n) is 7.10. The van der Waals surface area contributed by atoms with E-state index in [4.69, 9.17) is 16.3 Å². The van der Waals surface area contributed by atoms with Gasteiger partial charge in [-0.25, -0.2) is 4.79 Å². The lowest BCUT2D eigenvalue weighted by atomic mass is 9.95. The summed E-state index contributed by atoms with van der Waals surface area (Å²) in [5.41, 5.74) is 0.587. The van der Waals surface area contributed by atoms with Crippen molar-refractivity contribution in [2.45, 2.75) is 44.6 Å². The van der Waals surface area contributed by atoms with Crippen LogP contribution in [0.5, 0.6) is 5.75 Å². The predicted octanol–water partition coefficient (Wildman–Crippen LogP) is 4.12. The van der Waals surface area contributed by atoms with Crippen molar-refractivity contribution in [2.24, 2.45) is 5.92 Å². The molecule has 2 N–H and O–H groups in total. The number of hydrogen-bond donors (Lipinski definition) is 2. The number of nitrogens with one attached hydrogen (secondary N) is 2. The quantitative estimate of drug-likeness (QED) is 0.825. The minimum absolute atomic E-state index is 0.209. The van der Waals surface area contributed by atoms with Gasteiger partial charge in [-0.15, -0.1) is 0 Å². The summed E-state index contributed by atoms with van der Waals surface area (Å²) >= 11 is 5.99. The van der Waals surface area contributed by atoms with Crippen LogP contribution in [0.1, 0.15) is 38.5 Å². The zero-order chi connectivity index (χ0) is 17.6. The molecule has 1 aromatic rings. The molecule has 5 nitrogen and oxygen atoms in total. The maximum atomic E-state index is 12.2. The molecular weight excluding hydrogens is 338 g/mol. The molecule has 0 radical (unpaired) electrons. The van der Waals surface area contributed by atoms with Gasteiger partial charge < -0.3 is 20.3 Å². The third-order valence-corrected chi connectivity index (χ3v) is 5.69. The molecule has 0 atom stereocenters. The highest BCUT2D eigenvalue weighted by Crippen LogP contribution is 2.28. The van der Waals surface area contributed by atoms with Crippen molar-refractivity contribution in [3.63, 3.8) is 0 Å². The smallest absolute Gasteiger partial charge is 0.319 e. The van der Waals surface area contributed by atoms with Gasteiger partial charge in [0.2, 0.25) is 0 Å². The minimum Gasteiger partial charge on any atom is -0.495 e. The van der Waals surface area contributed by atoms with Crippen LogP contribution in [0.4, 0.5) is 10.5 Å². The van der Waals surface area contributed by atoms with Gasteiger partial charge in [-0.05, 0) is 62.9 Å². The number of hydrogen-bond acceptors (Lipinski definition) is 3. The van der Waals surface area contributed by atoms with Crippen molar-refractivity contribution >= 4 is 23.3 Å². The lowest BCUT2D eigenvalue weighted by Gasteiger charge is -2.36. The minimum atomic E-state index is -0.209. The first-order valence-electron chi connectivity index (χ1n) is 9.28. The standard InChI is InChI=1S/C19H28ClN3O2/c1-25-18-7-6-15(20)12-17(18)22-19(24)21-13-14-8-10-23(11-9-14)16-4-2-3-5-16/h6-7,12,14,16H,2-5,8-11,13H2,1H3,(H2,21,22,24). The molecule has 25 heavy (non-hydrogen) atoms. The zero-order valence-corrected chi connectivity index (χ0v) is 15.6. The SMILES string of the molecule is COc1ccc(Cl)cc1NC(=O)NCC1CCN(C2CCCC2)CC1. The van der Waals surface area contributed by atoms with Crippen molar-refractivity contribution < 1.29 is 9.53 Å². The number of methoxy groups -OCH3 is 1. The number of amides is 2. The van der Waals surface area contributed by atoms with Crippen LogP contribution >= 0.6 is 11.6 Å². The second-order valence-corrected chi connectivity index (χ2v) is 7.53. The molecule has 1 saturated carbocycles. The third kappa shape index (κ3) is 5.02. The first kappa shape index (κ1) is 18.3. The largest absolute Gasteiger partial charge is 0.495 e. The maximum Gasteiger partial charge on any atom is 0.319 e. The molecule has 1 heterocycles. The van der Waals surface area contributed by atoms with E-state index in [0.717, 1.165) is 18.9 Å². The van der Waals surface area contributed by atoms with E-state index >= 15 is 0 Å². The van der Waals surface area contributed by atoms with Gasteiger partial charge in [0.25, 0.3) is 0 Å². The van der Waals surface area contributed by atoms with Crippen LogP contribution in [0.2, 0.25) is 5.02 Å². The molecular formula is C19H28ClN3O2. The van der Waals surface area contributed by atoms with Gasteiger partial charge in [-0.1, -0.05) is 24.4 Å². The van der Waals surface area contributed by atoms with Gasteiger partial charge in [0.1, 0.15) is 5.75 Å². The highest BCUT2D eigenvalue weighted by atomic mass is 35.5. The number of benzene rings is 1. The van der Waals surface area contributed by atoms with E-state index in [1.807, 2.05) is 0 Å². The number of anilines is 1. The highest BCUT2D eigenvalue weighted by molar-refractivity contribution is 6.31. The van der Waals surface area contributed by atoms with Crippen molar-refractivity contribution in [1.82, 2.24) is 10.2 Å². The van der Waals surface area contributed by atoms with E-state index < -0.39 is 0 Å². The fourth-order valence-corrected chi connectivity index (χ4v) is 4.15. The van der Waals surface area contributed by atoms with Crippen LogP contribution < -0.4 is 15.4 Å². The second kappa shape index (κ2) is 8.77. The summed E-state index contributed by atoms with van der Waals surface area (Å²) < 4.78 is 5.25. The van der Waals surface area contributed by atoms with Crippen molar-refractivity contribution in [3.8, 4) is 5.75 Å². The Bertz CT molecular complexity index is 582. The Balaban J connectivity index is 1.42. The number of urea groups is 1. The molecule has 6 heteroatoms. The summed E-state index contributed by atoms with van der Waals surface area (Å²) in [4.78, 5) is 14.8. The first-order valence-corrected chi connectivity index (χ1v) is 9.66. The molecule has 1 saturated heterocycles. The van der Waals surface area contributed by atoms with Crippen molar-refractivity contribution in [2.75, 3.05) is 32.1 Å². The van der Waals surface area contributed by atoms with Crippen LogP contribution in [-0.2, 0) is 0 Å². The number of ether oxygens (including phenoxy) is 1. The molecule has 0 bridgehead atoms. The Labute approximate surface area is 155 Å². The molecule has 2 aliphatic rings. The predicted molar refractivity (Wildman–Crippen MR) is 102 cm³/mol. The van der Waals surface area contributed by atoms with Crippen molar-refractivity contribution in [3.05, 3.63) is 23.2 Å². The summed E-state index contributed by atoms with van der Waals surface area (Å²) in [6.07, 6.45) is 7.84. The fourth-order valence-electron chi connectivity index (χ4n) is 3.97. The number of likely N-dealkylation sites (tertiary alicyclic amines) is 1. The molecule has 1 aromatic carbocycles. The molecule has 138 valence electrons. The average molecular weight is 366 g/mol. The Kier molecular flexibility index (Phi) is 6.43. The molecule has 3 rings (SSSR count). The summed E-state index contributed by atoms with van der Waals surface area (Å²) in [6, 6.07) is 5.78. The van der Waals surface area contributed by atoms with Crippen molar-refractivity contribution in [1.29, 1.82) is 0 Å². The Hall–Kier alpha value is -1.46. The molecule has 0 aromatic heterocycles. The van der Waals surface area contributed by atoms with Gasteiger partial charge in [-0.2, -0.15) is 0 Å². The van der Waals surface area contributed by atoms with E-state index in [1.54, 1.807) is 25.3 Å². The van der Waals surface area contributed by atoms with Crippen LogP contribution in [0.25, 0.3) is 0 Å². The summed E-state index contributed by atoms with van der Waals surface area (Å²) in [6.45, 7) is 3.05. The molecule has 0 spiro atoms. The number of halogens is 1. The van der Waals surface area contributed by atoms with E-state index in [-0.39, 0.29) is 6.03 Å². The summed E-state index contributed by atoms with van der Waals surface area (Å²) in [5, 5.41) is 6.38. The summed E-state index contributed by atoms with van der Waals surface area (Å²) in [7, 11) is 1.57. The monoisotopic (exact) mass is 365 g/mol. The first-order chi connectivity index (χ1) is 12.2. The van der Waals surface area contributed by atoms with Gasteiger partial charge >= 0.3 is 6.03 Å². The van der Waals surface area contributed by atoms with Crippen LogP contribution in [0.3, 0.4) is 0 Å². The van der Waals surface area contributed by atoms with E-state index in [0.29, 0.717) is 28.9 Å².